The summed E-state index contributed by atoms with van der Waals surface area (Å²) in [5.41, 5.74) is 2.68. The maximum absolute atomic E-state index is 9.80. The van der Waals surface area contributed by atoms with E-state index in [1.54, 1.807) is 48.8 Å². The second-order valence-corrected chi connectivity index (χ2v) is 5.12. The van der Waals surface area contributed by atoms with Crippen LogP contribution in [0.15, 0.2) is 82.8 Å². The maximum atomic E-state index is 9.80. The van der Waals surface area contributed by atoms with Crippen LogP contribution in [0, 0.1) is 0 Å². The molecule has 4 heteroatoms. The summed E-state index contributed by atoms with van der Waals surface area (Å²) in [6.45, 7) is 0. The minimum absolute atomic E-state index is 0.129. The lowest BCUT2D eigenvalue weighted by Gasteiger charge is -2.01. The molecule has 0 saturated carbocycles. The van der Waals surface area contributed by atoms with E-state index < -0.39 is 0 Å². The van der Waals surface area contributed by atoms with E-state index in [9.17, 15) is 10.2 Å². The van der Waals surface area contributed by atoms with Crippen LogP contribution in [0.4, 0.5) is 11.4 Å². The third-order valence-corrected chi connectivity index (χ3v) is 3.44. The van der Waals surface area contributed by atoms with Crippen molar-refractivity contribution in [1.29, 1.82) is 0 Å². The molecule has 0 atom stereocenters. The van der Waals surface area contributed by atoms with Crippen LogP contribution < -0.4 is 0 Å². The Morgan fingerprint density at radius 3 is 1.75 bits per heavy atom. The van der Waals surface area contributed by atoms with E-state index in [0.717, 1.165) is 11.3 Å². The molecule has 3 aromatic carbocycles. The van der Waals surface area contributed by atoms with Gasteiger partial charge in [-0.25, -0.2) is 0 Å². The van der Waals surface area contributed by atoms with E-state index in [1.165, 1.54) is 0 Å². The average Bonchev–Trinajstić information content (AvgIpc) is 2.61. The molecule has 0 aliphatic rings. The normalized spacial score (nSPS) is 11.3. The topological polar surface area (TPSA) is 65.2 Å². The van der Waals surface area contributed by atoms with E-state index in [-0.39, 0.29) is 11.5 Å². The average molecular weight is 316 g/mol. The summed E-state index contributed by atoms with van der Waals surface area (Å²) in [6, 6.07) is 21.4. The van der Waals surface area contributed by atoms with Crippen molar-refractivity contribution in [2.24, 2.45) is 9.98 Å². The molecule has 24 heavy (non-hydrogen) atoms. The highest BCUT2D eigenvalue weighted by atomic mass is 16.3. The number of para-hydroxylation sites is 4. The van der Waals surface area contributed by atoms with E-state index in [4.69, 9.17) is 0 Å². The Morgan fingerprint density at radius 1 is 0.542 bits per heavy atom. The molecule has 0 bridgehead atoms. The second kappa shape index (κ2) is 7.24. The molecular formula is C20H16N2O2. The smallest absolute Gasteiger partial charge is 0.141 e. The van der Waals surface area contributed by atoms with Crippen LogP contribution in [0.1, 0.15) is 11.1 Å². The number of aromatic hydroxyl groups is 2. The third-order valence-electron chi connectivity index (χ3n) is 3.44. The number of hydrogen-bond acceptors (Lipinski definition) is 4. The molecule has 0 spiro atoms. The number of nitrogens with zero attached hydrogens (tertiary/aromatic N) is 2. The van der Waals surface area contributed by atoms with E-state index in [1.807, 2.05) is 36.4 Å². The first-order valence-electron chi connectivity index (χ1n) is 7.47. The zero-order chi connectivity index (χ0) is 16.8. The van der Waals surface area contributed by atoms with Gasteiger partial charge in [-0.15, -0.1) is 0 Å². The van der Waals surface area contributed by atoms with Gasteiger partial charge >= 0.3 is 0 Å². The molecule has 2 N–H and O–H groups in total. The molecule has 3 aromatic rings. The summed E-state index contributed by atoms with van der Waals surface area (Å²) in [5, 5.41) is 19.6. The Kier molecular flexibility index (Phi) is 4.68. The summed E-state index contributed by atoms with van der Waals surface area (Å²) >= 11 is 0. The fourth-order valence-corrected chi connectivity index (χ4v) is 2.16. The van der Waals surface area contributed by atoms with Gasteiger partial charge in [0.25, 0.3) is 0 Å². The van der Waals surface area contributed by atoms with Gasteiger partial charge in [0.2, 0.25) is 0 Å². The first kappa shape index (κ1) is 15.5. The molecule has 0 heterocycles. The predicted octanol–water partition coefficient (Wildman–Crippen LogP) is 4.60. The minimum Gasteiger partial charge on any atom is -0.507 e. The molecule has 0 aliphatic carbocycles. The van der Waals surface area contributed by atoms with Crippen LogP contribution in [0.3, 0.4) is 0 Å². The number of phenolic OH excluding ortho intramolecular Hbond substituents is 2. The van der Waals surface area contributed by atoms with Crippen molar-refractivity contribution in [2.45, 2.75) is 0 Å². The lowest BCUT2D eigenvalue weighted by atomic mass is 10.2. The maximum Gasteiger partial charge on any atom is 0.141 e. The number of benzene rings is 3. The second-order valence-electron chi connectivity index (χ2n) is 5.12. The Morgan fingerprint density at radius 2 is 1.04 bits per heavy atom. The molecule has 118 valence electrons. The van der Waals surface area contributed by atoms with Crippen molar-refractivity contribution in [3.05, 3.63) is 83.9 Å². The highest BCUT2D eigenvalue weighted by Gasteiger charge is 2.00. The fraction of sp³-hybridized carbons (Fsp3) is 0. The monoisotopic (exact) mass is 316 g/mol. The first-order chi connectivity index (χ1) is 11.7. The number of phenols is 2. The number of hydrogen-bond donors (Lipinski definition) is 2. The lowest BCUT2D eigenvalue weighted by Crippen LogP contribution is -1.85. The van der Waals surface area contributed by atoms with Crippen molar-refractivity contribution in [1.82, 2.24) is 0 Å². The van der Waals surface area contributed by atoms with Gasteiger partial charge in [0.1, 0.15) is 17.2 Å². The molecule has 3 rings (SSSR count). The van der Waals surface area contributed by atoms with Gasteiger partial charge < -0.3 is 10.2 Å². The Balaban J connectivity index is 1.89. The van der Waals surface area contributed by atoms with Crippen LogP contribution in [0.5, 0.6) is 11.5 Å². The molecule has 4 nitrogen and oxygen atoms in total. The molecule has 0 saturated heterocycles. The van der Waals surface area contributed by atoms with Gasteiger partial charge in [0, 0.05) is 23.6 Å². The van der Waals surface area contributed by atoms with Crippen molar-refractivity contribution >= 4 is 23.8 Å². The van der Waals surface area contributed by atoms with E-state index in [2.05, 4.69) is 9.98 Å². The Hall–Kier alpha value is -3.40. The van der Waals surface area contributed by atoms with Gasteiger partial charge in [0.05, 0.1) is 5.69 Å². The number of aliphatic imine (C=N–C) groups is 2. The Labute approximate surface area is 140 Å². The Bertz CT molecular complexity index is 827. The van der Waals surface area contributed by atoms with Crippen LogP contribution in [-0.2, 0) is 0 Å². The molecule has 0 amide bonds. The summed E-state index contributed by atoms with van der Waals surface area (Å²) < 4.78 is 0. The van der Waals surface area contributed by atoms with Gasteiger partial charge in [-0.05, 0) is 30.3 Å². The van der Waals surface area contributed by atoms with Crippen molar-refractivity contribution in [3.8, 4) is 11.5 Å². The number of rotatable bonds is 4. The standard InChI is InChI=1S/C20H16N2O2/c23-19-11-5-2-8-16(19)14-21-17-9-3-1-7-15(17)13-22-18-10-4-6-12-20(18)24/h1-14,23-24H. The summed E-state index contributed by atoms with van der Waals surface area (Å²) in [6.07, 6.45) is 3.27. The van der Waals surface area contributed by atoms with Crippen LogP contribution >= 0.6 is 0 Å². The lowest BCUT2D eigenvalue weighted by molar-refractivity contribution is 0.474. The summed E-state index contributed by atoms with van der Waals surface area (Å²) in [7, 11) is 0. The molecule has 0 unspecified atom stereocenters. The summed E-state index contributed by atoms with van der Waals surface area (Å²) in [5.74, 6) is 0.311. The highest BCUT2D eigenvalue weighted by molar-refractivity contribution is 5.92. The molecule has 0 fully saturated rings. The first-order valence-corrected chi connectivity index (χ1v) is 7.47. The molecule has 0 aliphatic heterocycles. The van der Waals surface area contributed by atoms with Crippen LogP contribution in [0.2, 0.25) is 0 Å². The zero-order valence-electron chi connectivity index (χ0n) is 12.9. The predicted molar refractivity (Wildman–Crippen MR) is 97.2 cm³/mol. The molecule has 0 aromatic heterocycles. The molecule has 0 radical (unpaired) electrons. The minimum atomic E-state index is 0.129. The third kappa shape index (κ3) is 3.67. The van der Waals surface area contributed by atoms with Crippen molar-refractivity contribution in [3.63, 3.8) is 0 Å². The van der Waals surface area contributed by atoms with Crippen molar-refractivity contribution < 1.29 is 10.2 Å². The van der Waals surface area contributed by atoms with Gasteiger partial charge in [-0.1, -0.05) is 42.5 Å². The van der Waals surface area contributed by atoms with Crippen LogP contribution in [-0.4, -0.2) is 22.6 Å². The van der Waals surface area contributed by atoms with Gasteiger partial charge in [0.15, 0.2) is 0 Å². The quantitative estimate of drug-likeness (QED) is 0.691. The van der Waals surface area contributed by atoms with Gasteiger partial charge in [-0.3, -0.25) is 9.98 Å². The largest absolute Gasteiger partial charge is 0.507 e. The zero-order valence-corrected chi connectivity index (χ0v) is 12.9. The van der Waals surface area contributed by atoms with Crippen LogP contribution in [0.25, 0.3) is 0 Å². The highest BCUT2D eigenvalue weighted by Crippen LogP contribution is 2.26. The summed E-state index contributed by atoms with van der Waals surface area (Å²) in [4.78, 5) is 8.74. The van der Waals surface area contributed by atoms with Gasteiger partial charge in [-0.2, -0.15) is 0 Å². The SMILES string of the molecule is Oc1ccccc1C=Nc1ccccc1C=Nc1ccccc1O. The molecular weight excluding hydrogens is 300 g/mol. The van der Waals surface area contributed by atoms with Crippen molar-refractivity contribution in [2.75, 3.05) is 0 Å². The fourth-order valence-electron chi connectivity index (χ4n) is 2.16. The van der Waals surface area contributed by atoms with E-state index in [0.29, 0.717) is 11.3 Å². The van der Waals surface area contributed by atoms with E-state index >= 15 is 0 Å².